The van der Waals surface area contributed by atoms with Crippen molar-refractivity contribution in [3.63, 3.8) is 0 Å². The largest absolute Gasteiger partial charge is 0.463 e. The van der Waals surface area contributed by atoms with Crippen LogP contribution in [0.5, 0.6) is 0 Å². The Hall–Kier alpha value is -1.33. The summed E-state index contributed by atoms with van der Waals surface area (Å²) >= 11 is 3.43. The first kappa shape index (κ1) is 12.4. The molecular formula is C15H15BrN2O2. The Morgan fingerprint density at radius 1 is 1.40 bits per heavy atom. The summed E-state index contributed by atoms with van der Waals surface area (Å²) < 4.78 is 6.25. The average Bonchev–Trinajstić information content (AvgIpc) is 3.15. The Morgan fingerprint density at radius 3 is 3.05 bits per heavy atom. The Balaban J connectivity index is 1.56. The van der Waals surface area contributed by atoms with Gasteiger partial charge in [-0.2, -0.15) is 0 Å². The van der Waals surface area contributed by atoms with E-state index in [9.17, 15) is 4.79 Å². The third kappa shape index (κ3) is 1.96. The Labute approximate surface area is 125 Å². The molecule has 2 N–H and O–H groups in total. The van der Waals surface area contributed by atoms with E-state index in [1.807, 2.05) is 18.2 Å². The van der Waals surface area contributed by atoms with E-state index in [4.69, 9.17) is 4.42 Å². The fourth-order valence-electron chi connectivity index (χ4n) is 3.37. The van der Waals surface area contributed by atoms with Crippen molar-refractivity contribution in [2.45, 2.75) is 37.4 Å². The highest BCUT2D eigenvalue weighted by Crippen LogP contribution is 2.29. The molecule has 3 heterocycles. The number of fused-ring (bicyclic) bond motifs is 3. The van der Waals surface area contributed by atoms with Crippen molar-refractivity contribution in [2.75, 3.05) is 0 Å². The fraction of sp³-hybridized carbons (Fsp3) is 0.400. The molecule has 0 spiro atoms. The SMILES string of the molecule is O=C(NC1CC2CCC1N2)c1ccc2occ(Br)c2c1. The first-order chi connectivity index (χ1) is 9.70. The van der Waals surface area contributed by atoms with Crippen LogP contribution in [0, 0.1) is 0 Å². The number of carbonyl (C=O) groups excluding carboxylic acids is 1. The Bertz CT molecular complexity index is 682. The van der Waals surface area contributed by atoms with Crippen LogP contribution in [-0.2, 0) is 0 Å². The van der Waals surface area contributed by atoms with Gasteiger partial charge in [0.15, 0.2) is 0 Å². The molecule has 3 unspecified atom stereocenters. The van der Waals surface area contributed by atoms with Crippen molar-refractivity contribution in [3.8, 4) is 0 Å². The summed E-state index contributed by atoms with van der Waals surface area (Å²) in [7, 11) is 0. The molecule has 1 amide bonds. The quantitative estimate of drug-likeness (QED) is 0.887. The van der Waals surface area contributed by atoms with Gasteiger partial charge in [-0.3, -0.25) is 4.79 Å². The van der Waals surface area contributed by atoms with E-state index in [1.165, 1.54) is 12.8 Å². The number of hydrogen-bond donors (Lipinski definition) is 2. The van der Waals surface area contributed by atoms with Crippen LogP contribution in [0.4, 0.5) is 0 Å². The predicted octanol–water partition coefficient (Wildman–Crippen LogP) is 2.82. The van der Waals surface area contributed by atoms with Crippen LogP contribution in [0.3, 0.4) is 0 Å². The lowest BCUT2D eigenvalue weighted by atomic mass is 9.95. The summed E-state index contributed by atoms with van der Waals surface area (Å²) in [4.78, 5) is 12.4. The number of amides is 1. The van der Waals surface area contributed by atoms with Gasteiger partial charge in [0.25, 0.3) is 5.91 Å². The fourth-order valence-corrected chi connectivity index (χ4v) is 3.78. The van der Waals surface area contributed by atoms with E-state index in [-0.39, 0.29) is 11.9 Å². The van der Waals surface area contributed by atoms with Crippen molar-refractivity contribution in [3.05, 3.63) is 34.5 Å². The molecule has 0 saturated carbocycles. The topological polar surface area (TPSA) is 54.3 Å². The number of benzene rings is 1. The highest BCUT2D eigenvalue weighted by Gasteiger charge is 2.39. The second kappa shape index (κ2) is 4.60. The Morgan fingerprint density at radius 2 is 2.30 bits per heavy atom. The summed E-state index contributed by atoms with van der Waals surface area (Å²) in [5.74, 6) is -0.000602. The van der Waals surface area contributed by atoms with Gasteiger partial charge in [0.05, 0.1) is 4.47 Å². The molecule has 3 atom stereocenters. The molecule has 20 heavy (non-hydrogen) atoms. The van der Waals surface area contributed by atoms with Crippen LogP contribution >= 0.6 is 15.9 Å². The maximum atomic E-state index is 12.4. The van der Waals surface area contributed by atoms with Gasteiger partial charge in [-0.25, -0.2) is 0 Å². The highest BCUT2D eigenvalue weighted by molar-refractivity contribution is 9.10. The predicted molar refractivity (Wildman–Crippen MR) is 79.7 cm³/mol. The monoisotopic (exact) mass is 334 g/mol. The van der Waals surface area contributed by atoms with Crippen LogP contribution in [-0.4, -0.2) is 24.0 Å². The average molecular weight is 335 g/mol. The van der Waals surface area contributed by atoms with E-state index in [1.54, 1.807) is 6.26 Å². The van der Waals surface area contributed by atoms with E-state index in [0.717, 1.165) is 21.9 Å². The maximum absolute atomic E-state index is 12.4. The zero-order chi connectivity index (χ0) is 13.7. The number of rotatable bonds is 2. The Kier molecular flexibility index (Phi) is 2.86. The second-order valence-electron chi connectivity index (χ2n) is 5.66. The molecule has 2 aromatic rings. The third-order valence-corrected chi connectivity index (χ3v) is 5.02. The molecule has 0 aliphatic carbocycles. The molecule has 5 heteroatoms. The van der Waals surface area contributed by atoms with Gasteiger partial charge in [0, 0.05) is 29.1 Å². The second-order valence-corrected chi connectivity index (χ2v) is 6.51. The van der Waals surface area contributed by atoms with Gasteiger partial charge in [0.2, 0.25) is 0 Å². The van der Waals surface area contributed by atoms with Gasteiger partial charge in [0.1, 0.15) is 11.8 Å². The van der Waals surface area contributed by atoms with Crippen LogP contribution in [0.15, 0.2) is 33.4 Å². The zero-order valence-electron chi connectivity index (χ0n) is 10.9. The van der Waals surface area contributed by atoms with Crippen molar-refractivity contribution < 1.29 is 9.21 Å². The molecular weight excluding hydrogens is 320 g/mol. The normalized spacial score (nSPS) is 28.1. The number of nitrogens with one attached hydrogen (secondary N) is 2. The summed E-state index contributed by atoms with van der Waals surface area (Å²) in [6, 6.07) is 6.84. The molecule has 104 valence electrons. The molecule has 1 aromatic carbocycles. The van der Waals surface area contributed by atoms with Crippen LogP contribution in [0.2, 0.25) is 0 Å². The van der Waals surface area contributed by atoms with Gasteiger partial charge < -0.3 is 15.1 Å². The maximum Gasteiger partial charge on any atom is 0.251 e. The summed E-state index contributed by atoms with van der Waals surface area (Å²) in [5, 5.41) is 7.62. The lowest BCUT2D eigenvalue weighted by molar-refractivity contribution is 0.0931. The van der Waals surface area contributed by atoms with Gasteiger partial charge in [-0.15, -0.1) is 0 Å². The molecule has 2 aliphatic heterocycles. The van der Waals surface area contributed by atoms with Crippen molar-refractivity contribution in [1.82, 2.24) is 10.6 Å². The van der Waals surface area contributed by atoms with Crippen molar-refractivity contribution in [1.29, 1.82) is 0 Å². The van der Waals surface area contributed by atoms with Gasteiger partial charge in [-0.1, -0.05) is 0 Å². The lowest BCUT2D eigenvalue weighted by Crippen LogP contribution is -2.42. The summed E-state index contributed by atoms with van der Waals surface area (Å²) in [5.41, 5.74) is 1.47. The molecule has 0 radical (unpaired) electrons. The number of furan rings is 1. The van der Waals surface area contributed by atoms with Crippen molar-refractivity contribution >= 4 is 32.8 Å². The molecule has 4 rings (SSSR count). The lowest BCUT2D eigenvalue weighted by Gasteiger charge is -2.21. The molecule has 4 nitrogen and oxygen atoms in total. The van der Waals surface area contributed by atoms with E-state index in [0.29, 0.717) is 17.6 Å². The van der Waals surface area contributed by atoms with Gasteiger partial charge in [-0.05, 0) is 53.4 Å². The van der Waals surface area contributed by atoms with Crippen molar-refractivity contribution in [2.24, 2.45) is 0 Å². The first-order valence-corrected chi connectivity index (χ1v) is 7.73. The van der Waals surface area contributed by atoms with E-state index < -0.39 is 0 Å². The zero-order valence-corrected chi connectivity index (χ0v) is 12.4. The third-order valence-electron chi connectivity index (χ3n) is 4.40. The van der Waals surface area contributed by atoms with Crippen LogP contribution in [0.1, 0.15) is 29.6 Å². The van der Waals surface area contributed by atoms with Crippen LogP contribution < -0.4 is 10.6 Å². The van der Waals surface area contributed by atoms with E-state index >= 15 is 0 Å². The number of hydrogen-bond acceptors (Lipinski definition) is 3. The molecule has 2 bridgehead atoms. The number of halogens is 1. The highest BCUT2D eigenvalue weighted by atomic mass is 79.9. The van der Waals surface area contributed by atoms with Crippen LogP contribution in [0.25, 0.3) is 11.0 Å². The minimum atomic E-state index is -0.000602. The first-order valence-electron chi connectivity index (χ1n) is 6.94. The minimum Gasteiger partial charge on any atom is -0.463 e. The molecule has 2 saturated heterocycles. The summed E-state index contributed by atoms with van der Waals surface area (Å²) in [6.07, 6.45) is 5.10. The standard InChI is InChI=1S/C15H15BrN2O2/c16-11-7-20-14-4-1-8(5-10(11)14)15(19)18-13-6-9-2-3-12(13)17-9/h1,4-5,7,9,12-13,17H,2-3,6H2,(H,18,19). The molecule has 1 aromatic heterocycles. The van der Waals surface area contributed by atoms with E-state index in [2.05, 4.69) is 26.6 Å². The smallest absolute Gasteiger partial charge is 0.251 e. The van der Waals surface area contributed by atoms with Gasteiger partial charge >= 0.3 is 0 Å². The number of carbonyl (C=O) groups is 1. The minimum absolute atomic E-state index is 0.000602. The molecule has 2 fully saturated rings. The molecule has 2 aliphatic rings. The summed E-state index contributed by atoms with van der Waals surface area (Å²) in [6.45, 7) is 0.